The van der Waals surface area contributed by atoms with Gasteiger partial charge in [-0.05, 0) is 19.4 Å². The molecule has 0 bridgehead atoms. The minimum atomic E-state index is -2.97. The van der Waals surface area contributed by atoms with Gasteiger partial charge in [0.15, 0.2) is 0 Å². The Bertz CT molecular complexity index is 297. The topological polar surface area (TPSA) is 66.6 Å². The van der Waals surface area contributed by atoms with E-state index in [0.29, 0.717) is 19.4 Å². The second-order valence-electron chi connectivity index (χ2n) is 4.75. The van der Waals surface area contributed by atoms with Crippen LogP contribution in [0.2, 0.25) is 0 Å². The molecule has 4 nitrogen and oxygen atoms in total. The number of nitrogens with two attached hydrogens (primary N) is 1. The van der Waals surface area contributed by atoms with Gasteiger partial charge in [-0.25, -0.2) is 8.78 Å². The fourth-order valence-corrected chi connectivity index (χ4v) is 2.55. The molecule has 1 aliphatic heterocycles. The highest BCUT2D eigenvalue weighted by atomic mass is 35.5. The maximum Gasteiger partial charge on any atom is 0.265 e. The van der Waals surface area contributed by atoms with Crippen LogP contribution in [0.3, 0.4) is 0 Å². The normalized spacial score (nSPS) is 24.8. The zero-order valence-electron chi connectivity index (χ0n) is 10.6. The number of rotatable bonds is 6. The molecule has 1 rings (SSSR count). The van der Waals surface area contributed by atoms with Crippen molar-refractivity contribution < 1.29 is 23.1 Å². The molecule has 4 atom stereocenters. The monoisotopic (exact) mass is 304 g/mol. The summed E-state index contributed by atoms with van der Waals surface area (Å²) in [7, 11) is 0. The van der Waals surface area contributed by atoms with Crippen LogP contribution in [0.5, 0.6) is 0 Å². The smallest absolute Gasteiger partial charge is 0.265 e. The molecular formula is C11H20ClF3N2O2. The molecule has 1 saturated heterocycles. The van der Waals surface area contributed by atoms with Gasteiger partial charge in [-0.3, -0.25) is 14.1 Å². The molecule has 3 N–H and O–H groups in total. The van der Waals surface area contributed by atoms with E-state index in [1.165, 1.54) is 11.8 Å². The summed E-state index contributed by atoms with van der Waals surface area (Å²) in [6.07, 6.45) is -3.87. The third-order valence-electron chi connectivity index (χ3n) is 3.44. The molecule has 0 radical (unpaired) electrons. The van der Waals surface area contributed by atoms with Gasteiger partial charge < -0.3 is 10.8 Å². The molecule has 4 unspecified atom stereocenters. The molecule has 0 saturated carbocycles. The van der Waals surface area contributed by atoms with Crippen molar-refractivity contribution in [3.05, 3.63) is 0 Å². The van der Waals surface area contributed by atoms with Gasteiger partial charge in [-0.15, -0.1) is 12.4 Å². The van der Waals surface area contributed by atoms with Crippen LogP contribution in [0.4, 0.5) is 13.2 Å². The number of nitrogens with zero attached hydrogens (tertiary/aromatic N) is 1. The predicted molar refractivity (Wildman–Crippen MR) is 67.1 cm³/mol. The second kappa shape index (κ2) is 7.91. The highest BCUT2D eigenvalue weighted by Gasteiger charge is 2.42. The fraction of sp³-hybridized carbons (Fsp3) is 0.909. The Kier molecular flexibility index (Phi) is 7.69. The highest BCUT2D eigenvalue weighted by molar-refractivity contribution is 5.85. The van der Waals surface area contributed by atoms with E-state index in [4.69, 9.17) is 5.73 Å². The molecule has 1 fully saturated rings. The first-order valence-electron chi connectivity index (χ1n) is 5.97. The van der Waals surface area contributed by atoms with Gasteiger partial charge >= 0.3 is 0 Å². The van der Waals surface area contributed by atoms with Crippen molar-refractivity contribution in [1.82, 2.24) is 4.90 Å². The van der Waals surface area contributed by atoms with Gasteiger partial charge in [0.25, 0.3) is 6.43 Å². The lowest BCUT2D eigenvalue weighted by Crippen LogP contribution is -2.55. The Hall–Kier alpha value is -0.530. The maximum absolute atomic E-state index is 12.7. The summed E-state index contributed by atoms with van der Waals surface area (Å²) in [5.74, 6) is -1.40. The van der Waals surface area contributed by atoms with Crippen LogP contribution in [0.15, 0.2) is 0 Å². The number of hydrogen-bond acceptors (Lipinski definition) is 3. The van der Waals surface area contributed by atoms with Crippen LogP contribution in [-0.2, 0) is 4.79 Å². The van der Waals surface area contributed by atoms with E-state index in [1.807, 2.05) is 0 Å². The third-order valence-corrected chi connectivity index (χ3v) is 3.44. The summed E-state index contributed by atoms with van der Waals surface area (Å²) in [6.45, 7) is 0.968. The van der Waals surface area contributed by atoms with Crippen LogP contribution < -0.4 is 5.73 Å². The molecule has 8 heteroatoms. The van der Waals surface area contributed by atoms with E-state index in [0.717, 1.165) is 0 Å². The standard InChI is InChI=1S/C11H19F3N2O2.ClH/c1-6(5-12)8(9(17)10(13)14)16-4-2-3-7(16)11(15)18;/h6-10,17H,2-5H2,1H3,(H2,15,18);1H. The molecule has 1 heterocycles. The SMILES string of the molecule is CC(CF)C(C(O)C(F)F)N1CCCC1C(N)=O.Cl. The Labute approximate surface area is 116 Å². The molecular weight excluding hydrogens is 285 g/mol. The summed E-state index contributed by atoms with van der Waals surface area (Å²) in [5, 5.41) is 9.54. The number of primary amides is 1. The van der Waals surface area contributed by atoms with E-state index in [9.17, 15) is 23.1 Å². The molecule has 0 aromatic carbocycles. The largest absolute Gasteiger partial charge is 0.386 e. The quantitative estimate of drug-likeness (QED) is 0.768. The summed E-state index contributed by atoms with van der Waals surface area (Å²) in [6, 6.07) is -1.78. The van der Waals surface area contributed by atoms with Gasteiger partial charge in [-0.2, -0.15) is 0 Å². The number of aliphatic hydroxyl groups excluding tert-OH is 1. The molecule has 0 aromatic rings. The van der Waals surface area contributed by atoms with Gasteiger partial charge in [-0.1, -0.05) is 6.92 Å². The molecule has 0 aromatic heterocycles. The van der Waals surface area contributed by atoms with Crippen LogP contribution in [-0.4, -0.2) is 53.7 Å². The zero-order valence-corrected chi connectivity index (χ0v) is 11.5. The highest BCUT2D eigenvalue weighted by Crippen LogP contribution is 2.28. The number of halogens is 4. The first-order valence-corrected chi connectivity index (χ1v) is 5.97. The van der Waals surface area contributed by atoms with Crippen molar-refractivity contribution in [2.24, 2.45) is 11.7 Å². The average molecular weight is 305 g/mol. The van der Waals surface area contributed by atoms with Crippen molar-refractivity contribution >= 4 is 18.3 Å². The molecule has 1 aliphatic rings. The first-order chi connectivity index (χ1) is 8.40. The molecule has 19 heavy (non-hydrogen) atoms. The van der Waals surface area contributed by atoms with Crippen LogP contribution in [0.1, 0.15) is 19.8 Å². The van der Waals surface area contributed by atoms with Crippen molar-refractivity contribution in [2.75, 3.05) is 13.2 Å². The van der Waals surface area contributed by atoms with Gasteiger partial charge in [0.05, 0.1) is 12.7 Å². The van der Waals surface area contributed by atoms with Crippen molar-refractivity contribution in [2.45, 2.75) is 44.4 Å². The Morgan fingerprint density at radius 3 is 2.53 bits per heavy atom. The number of likely N-dealkylation sites (tertiary alicyclic amines) is 1. The Morgan fingerprint density at radius 1 is 1.53 bits per heavy atom. The maximum atomic E-state index is 12.7. The van der Waals surface area contributed by atoms with Gasteiger partial charge in [0.2, 0.25) is 5.91 Å². The summed E-state index contributed by atoms with van der Waals surface area (Å²) < 4.78 is 38.0. The van der Waals surface area contributed by atoms with Gasteiger partial charge in [0.1, 0.15) is 6.10 Å². The second-order valence-corrected chi connectivity index (χ2v) is 4.75. The summed E-state index contributed by atoms with van der Waals surface area (Å²) >= 11 is 0. The van der Waals surface area contributed by atoms with E-state index < -0.39 is 43.1 Å². The number of aliphatic hydroxyl groups is 1. The van der Waals surface area contributed by atoms with Crippen LogP contribution in [0, 0.1) is 5.92 Å². The Balaban J connectivity index is 0.00000324. The van der Waals surface area contributed by atoms with Crippen molar-refractivity contribution in [3.8, 4) is 0 Å². The number of hydrogen-bond donors (Lipinski definition) is 2. The average Bonchev–Trinajstić information content (AvgIpc) is 2.77. The number of carbonyl (C=O) groups is 1. The molecule has 114 valence electrons. The zero-order chi connectivity index (χ0) is 13.9. The summed E-state index contributed by atoms with van der Waals surface area (Å²) in [4.78, 5) is 12.7. The lowest BCUT2D eigenvalue weighted by molar-refractivity contribution is -0.127. The van der Waals surface area contributed by atoms with E-state index in [1.54, 1.807) is 0 Å². The van der Waals surface area contributed by atoms with Crippen molar-refractivity contribution in [3.63, 3.8) is 0 Å². The van der Waals surface area contributed by atoms with Crippen LogP contribution in [0.25, 0.3) is 0 Å². The number of amides is 1. The van der Waals surface area contributed by atoms with Crippen LogP contribution >= 0.6 is 12.4 Å². The van der Waals surface area contributed by atoms with E-state index in [-0.39, 0.29) is 12.4 Å². The Morgan fingerprint density at radius 2 is 2.11 bits per heavy atom. The summed E-state index contributed by atoms with van der Waals surface area (Å²) in [5.41, 5.74) is 5.20. The minimum Gasteiger partial charge on any atom is -0.386 e. The predicted octanol–water partition coefficient (Wildman–Crippen LogP) is 0.958. The number of alkyl halides is 3. The third kappa shape index (κ3) is 4.22. The molecule has 0 spiro atoms. The molecule has 0 aliphatic carbocycles. The van der Waals surface area contributed by atoms with Gasteiger partial charge in [0, 0.05) is 12.0 Å². The first kappa shape index (κ1) is 18.5. The lowest BCUT2D eigenvalue weighted by atomic mass is 9.95. The lowest BCUT2D eigenvalue weighted by Gasteiger charge is -2.37. The fourth-order valence-electron chi connectivity index (χ4n) is 2.55. The molecule has 1 amide bonds. The number of carbonyl (C=O) groups excluding carboxylic acids is 1. The minimum absolute atomic E-state index is 0. The van der Waals surface area contributed by atoms with E-state index in [2.05, 4.69) is 0 Å². The van der Waals surface area contributed by atoms with Crippen molar-refractivity contribution in [1.29, 1.82) is 0 Å². The van der Waals surface area contributed by atoms with E-state index >= 15 is 0 Å².